The first-order valence-corrected chi connectivity index (χ1v) is 4.70. The summed E-state index contributed by atoms with van der Waals surface area (Å²) >= 11 is 0. The van der Waals surface area contributed by atoms with Gasteiger partial charge in [0.2, 0.25) is 0 Å². The molecule has 2 N–H and O–H groups in total. The van der Waals surface area contributed by atoms with Gasteiger partial charge in [-0.2, -0.15) is 0 Å². The number of benzene rings is 1. The minimum absolute atomic E-state index is 0.435. The minimum Gasteiger partial charge on any atom is -0.327 e. The van der Waals surface area contributed by atoms with Gasteiger partial charge in [0.25, 0.3) is 0 Å². The smallest absolute Gasteiger partial charge is 0.0114 e. The first kappa shape index (κ1) is 6.67. The first-order valence-electron chi connectivity index (χ1n) is 4.70. The van der Waals surface area contributed by atoms with Gasteiger partial charge < -0.3 is 5.73 Å². The van der Waals surface area contributed by atoms with E-state index in [9.17, 15) is 0 Å². The third-order valence-electron chi connectivity index (χ3n) is 3.45. The maximum Gasteiger partial charge on any atom is 0.0114 e. The van der Waals surface area contributed by atoms with E-state index in [4.69, 9.17) is 5.73 Å². The number of hydrogen-bond acceptors (Lipinski definition) is 1. The summed E-state index contributed by atoms with van der Waals surface area (Å²) in [6.45, 7) is 0. The molecule has 0 amide bonds. The van der Waals surface area contributed by atoms with Gasteiger partial charge in [0.05, 0.1) is 0 Å². The third-order valence-corrected chi connectivity index (χ3v) is 3.45. The monoisotopic (exact) mass is 159 g/mol. The van der Waals surface area contributed by atoms with Crippen molar-refractivity contribution in [3.05, 3.63) is 35.4 Å². The van der Waals surface area contributed by atoms with E-state index in [1.54, 1.807) is 5.56 Å². The van der Waals surface area contributed by atoms with Crippen molar-refractivity contribution in [3.8, 4) is 0 Å². The fourth-order valence-electron chi connectivity index (χ4n) is 2.90. The molecule has 1 aromatic carbocycles. The zero-order valence-corrected chi connectivity index (χ0v) is 7.03. The number of fused-ring (bicyclic) bond motifs is 5. The van der Waals surface area contributed by atoms with Gasteiger partial charge in [-0.15, -0.1) is 0 Å². The van der Waals surface area contributed by atoms with Crippen LogP contribution in [0.2, 0.25) is 0 Å². The highest BCUT2D eigenvalue weighted by molar-refractivity contribution is 5.42. The third kappa shape index (κ3) is 0.674. The molecule has 0 saturated heterocycles. The van der Waals surface area contributed by atoms with E-state index in [1.165, 1.54) is 18.4 Å². The van der Waals surface area contributed by atoms with Crippen LogP contribution >= 0.6 is 0 Å². The van der Waals surface area contributed by atoms with Crippen LogP contribution in [0.4, 0.5) is 0 Å². The van der Waals surface area contributed by atoms with Crippen LogP contribution in [-0.2, 0) is 0 Å². The van der Waals surface area contributed by atoms with Crippen LogP contribution in [0.1, 0.15) is 35.8 Å². The summed E-state index contributed by atoms with van der Waals surface area (Å²) < 4.78 is 0. The normalized spacial score (nSPS) is 36.9. The minimum atomic E-state index is 0.435. The second kappa shape index (κ2) is 2.11. The Labute approximate surface area is 72.6 Å². The van der Waals surface area contributed by atoms with Crippen LogP contribution in [0.3, 0.4) is 0 Å². The van der Waals surface area contributed by atoms with Crippen LogP contribution in [0, 0.1) is 0 Å². The summed E-state index contributed by atoms with van der Waals surface area (Å²) in [6, 6.07) is 9.23. The maximum atomic E-state index is 6.03. The number of nitrogens with two attached hydrogens (primary N) is 1. The predicted octanol–water partition coefficient (Wildman–Crippen LogP) is 1.99. The average molecular weight is 159 g/mol. The Morgan fingerprint density at radius 2 is 1.83 bits per heavy atom. The molecule has 0 heterocycles. The van der Waals surface area contributed by atoms with Crippen molar-refractivity contribution >= 4 is 0 Å². The Morgan fingerprint density at radius 3 is 2.67 bits per heavy atom. The van der Waals surface area contributed by atoms with Crippen molar-refractivity contribution < 1.29 is 0 Å². The number of rotatable bonds is 0. The molecule has 0 aliphatic heterocycles. The lowest BCUT2D eigenvalue weighted by Crippen LogP contribution is -2.25. The van der Waals surface area contributed by atoms with Crippen LogP contribution in [0.5, 0.6) is 0 Å². The van der Waals surface area contributed by atoms with E-state index in [2.05, 4.69) is 24.3 Å². The Balaban J connectivity index is 2.17. The van der Waals surface area contributed by atoms with E-state index in [0.717, 1.165) is 5.92 Å². The second-order valence-electron chi connectivity index (χ2n) is 4.07. The van der Waals surface area contributed by atoms with Crippen molar-refractivity contribution in [2.45, 2.75) is 30.7 Å². The zero-order chi connectivity index (χ0) is 8.13. The van der Waals surface area contributed by atoms with Crippen LogP contribution < -0.4 is 5.73 Å². The fourth-order valence-corrected chi connectivity index (χ4v) is 2.90. The summed E-state index contributed by atoms with van der Waals surface area (Å²) in [6.07, 6.45) is 2.52. The molecule has 2 aliphatic carbocycles. The summed E-state index contributed by atoms with van der Waals surface area (Å²) in [5, 5.41) is 0. The highest BCUT2D eigenvalue weighted by atomic mass is 14.7. The highest BCUT2D eigenvalue weighted by Gasteiger charge is 2.41. The Bertz CT molecular complexity index is 319. The molecule has 0 radical (unpaired) electrons. The van der Waals surface area contributed by atoms with Gasteiger partial charge in [0.15, 0.2) is 0 Å². The fraction of sp³-hybridized carbons (Fsp3) is 0.455. The predicted molar refractivity (Wildman–Crippen MR) is 49.1 cm³/mol. The molecule has 1 saturated carbocycles. The van der Waals surface area contributed by atoms with Gasteiger partial charge in [-0.25, -0.2) is 0 Å². The van der Waals surface area contributed by atoms with Gasteiger partial charge in [0.1, 0.15) is 0 Å². The molecule has 1 heteroatoms. The Kier molecular flexibility index (Phi) is 1.17. The van der Waals surface area contributed by atoms with E-state index in [-0.39, 0.29) is 0 Å². The van der Waals surface area contributed by atoms with Crippen LogP contribution in [-0.4, -0.2) is 6.04 Å². The molecule has 0 aromatic heterocycles. The molecular weight excluding hydrogens is 146 g/mol. The molecular formula is C11H13N. The molecule has 3 rings (SSSR count). The molecule has 0 spiro atoms. The van der Waals surface area contributed by atoms with Gasteiger partial charge in [-0.05, 0) is 35.8 Å². The van der Waals surface area contributed by atoms with Gasteiger partial charge >= 0.3 is 0 Å². The molecule has 1 aromatic rings. The van der Waals surface area contributed by atoms with Crippen molar-refractivity contribution in [2.24, 2.45) is 5.73 Å². The SMILES string of the molecule is NC1CC2C[C@@H]1c1ccccc12. The molecule has 2 unspecified atom stereocenters. The summed E-state index contributed by atoms with van der Waals surface area (Å²) in [4.78, 5) is 0. The van der Waals surface area contributed by atoms with E-state index < -0.39 is 0 Å². The zero-order valence-electron chi connectivity index (χ0n) is 7.03. The van der Waals surface area contributed by atoms with Crippen molar-refractivity contribution in [2.75, 3.05) is 0 Å². The maximum absolute atomic E-state index is 6.03. The Morgan fingerprint density at radius 1 is 1.08 bits per heavy atom. The van der Waals surface area contributed by atoms with E-state index >= 15 is 0 Å². The van der Waals surface area contributed by atoms with Gasteiger partial charge in [-0.3, -0.25) is 0 Å². The topological polar surface area (TPSA) is 26.0 Å². The van der Waals surface area contributed by atoms with Crippen molar-refractivity contribution in [3.63, 3.8) is 0 Å². The lowest BCUT2D eigenvalue weighted by atomic mass is 9.89. The quantitative estimate of drug-likeness (QED) is 0.615. The molecule has 3 atom stereocenters. The van der Waals surface area contributed by atoms with Crippen LogP contribution in [0.25, 0.3) is 0 Å². The van der Waals surface area contributed by atoms with Gasteiger partial charge in [-0.1, -0.05) is 24.3 Å². The number of hydrogen-bond donors (Lipinski definition) is 1. The van der Waals surface area contributed by atoms with E-state index in [1.807, 2.05) is 0 Å². The first-order chi connectivity index (χ1) is 5.86. The average Bonchev–Trinajstić information content (AvgIpc) is 2.62. The summed E-state index contributed by atoms with van der Waals surface area (Å²) in [7, 11) is 0. The molecule has 2 bridgehead atoms. The highest BCUT2D eigenvalue weighted by Crippen LogP contribution is 2.51. The Hall–Kier alpha value is -0.820. The lowest BCUT2D eigenvalue weighted by Gasteiger charge is -2.20. The second-order valence-corrected chi connectivity index (χ2v) is 4.07. The largest absolute Gasteiger partial charge is 0.327 e. The molecule has 1 fully saturated rings. The summed E-state index contributed by atoms with van der Waals surface area (Å²) in [5.41, 5.74) is 9.14. The van der Waals surface area contributed by atoms with Crippen LogP contribution in [0.15, 0.2) is 24.3 Å². The standard InChI is InChI=1S/C11H13N/c12-11-6-7-5-10(11)9-4-2-1-3-8(7)9/h1-4,7,10-11H,5-6,12H2/t7?,10-,11?/m1/s1. The van der Waals surface area contributed by atoms with Crippen molar-refractivity contribution in [1.82, 2.24) is 0 Å². The summed E-state index contributed by atoms with van der Waals surface area (Å²) in [5.74, 6) is 1.45. The molecule has 1 nitrogen and oxygen atoms in total. The lowest BCUT2D eigenvalue weighted by molar-refractivity contribution is 0.595. The van der Waals surface area contributed by atoms with E-state index in [0.29, 0.717) is 12.0 Å². The molecule has 2 aliphatic rings. The van der Waals surface area contributed by atoms with Gasteiger partial charge in [0, 0.05) is 6.04 Å². The molecule has 62 valence electrons. The molecule has 12 heavy (non-hydrogen) atoms. The van der Waals surface area contributed by atoms with Crippen molar-refractivity contribution in [1.29, 1.82) is 0 Å².